The molecule has 3 aromatic carbocycles. The molecule has 3 nitrogen and oxygen atoms in total. The molecular formula is C22H18N2O. The maximum Gasteiger partial charge on any atom is 0.233 e. The van der Waals surface area contributed by atoms with Gasteiger partial charge in [0.05, 0.1) is 5.69 Å². The summed E-state index contributed by atoms with van der Waals surface area (Å²) in [6.07, 6.45) is 0.757. The van der Waals surface area contributed by atoms with Crippen LogP contribution in [-0.2, 0) is 13.0 Å². The van der Waals surface area contributed by atoms with Gasteiger partial charge in [0.1, 0.15) is 6.61 Å². The fourth-order valence-electron chi connectivity index (χ4n) is 2.89. The SMILES string of the molecule is c1ccc(COc2ccc(Cc3cccc4ccccc34)nn2)cc1. The van der Waals surface area contributed by atoms with Crippen LogP contribution in [-0.4, -0.2) is 10.2 Å². The number of fused-ring (bicyclic) bond motifs is 1. The summed E-state index contributed by atoms with van der Waals surface area (Å²) in [4.78, 5) is 0. The van der Waals surface area contributed by atoms with Gasteiger partial charge in [-0.05, 0) is 28.0 Å². The summed E-state index contributed by atoms with van der Waals surface area (Å²) in [7, 11) is 0. The van der Waals surface area contributed by atoms with Crippen LogP contribution in [0.15, 0.2) is 84.9 Å². The molecule has 0 saturated carbocycles. The first kappa shape index (κ1) is 15.3. The second kappa shape index (κ2) is 7.14. The zero-order valence-corrected chi connectivity index (χ0v) is 13.8. The molecule has 0 radical (unpaired) electrons. The minimum atomic E-state index is 0.498. The Balaban J connectivity index is 1.47. The highest BCUT2D eigenvalue weighted by molar-refractivity contribution is 5.85. The lowest BCUT2D eigenvalue weighted by molar-refractivity contribution is 0.290. The standard InChI is InChI=1S/C22H18N2O/c1-2-7-17(8-3-1)16-25-22-14-13-20(23-24-22)15-19-11-6-10-18-9-4-5-12-21(18)19/h1-14H,15-16H2. The van der Waals surface area contributed by atoms with Gasteiger partial charge < -0.3 is 4.74 Å². The summed E-state index contributed by atoms with van der Waals surface area (Å²) in [5.74, 6) is 0.547. The summed E-state index contributed by atoms with van der Waals surface area (Å²) in [5.41, 5.74) is 3.30. The fraction of sp³-hybridized carbons (Fsp3) is 0.0909. The van der Waals surface area contributed by atoms with Crippen LogP contribution in [0.2, 0.25) is 0 Å². The van der Waals surface area contributed by atoms with Crippen molar-refractivity contribution in [3.63, 3.8) is 0 Å². The van der Waals surface area contributed by atoms with E-state index in [0.717, 1.165) is 17.7 Å². The zero-order chi connectivity index (χ0) is 16.9. The van der Waals surface area contributed by atoms with Crippen LogP contribution in [0, 0.1) is 0 Å². The van der Waals surface area contributed by atoms with E-state index in [1.165, 1.54) is 16.3 Å². The Kier molecular flexibility index (Phi) is 4.38. The molecule has 0 bridgehead atoms. The van der Waals surface area contributed by atoms with Gasteiger partial charge in [0.2, 0.25) is 5.88 Å². The predicted molar refractivity (Wildman–Crippen MR) is 99.6 cm³/mol. The summed E-state index contributed by atoms with van der Waals surface area (Å²) in [6, 6.07) is 28.7. The third-order valence-corrected chi connectivity index (χ3v) is 4.18. The van der Waals surface area contributed by atoms with Crippen LogP contribution < -0.4 is 4.74 Å². The monoisotopic (exact) mass is 326 g/mol. The van der Waals surface area contributed by atoms with Crippen LogP contribution >= 0.6 is 0 Å². The number of benzene rings is 3. The van der Waals surface area contributed by atoms with E-state index in [1.54, 1.807) is 0 Å². The van der Waals surface area contributed by atoms with Gasteiger partial charge in [0.25, 0.3) is 0 Å². The molecular weight excluding hydrogens is 308 g/mol. The first-order valence-corrected chi connectivity index (χ1v) is 8.34. The molecule has 0 atom stereocenters. The van der Waals surface area contributed by atoms with Crippen molar-refractivity contribution in [2.45, 2.75) is 13.0 Å². The predicted octanol–water partition coefficient (Wildman–Crippen LogP) is 4.80. The Hall–Kier alpha value is -3.20. The van der Waals surface area contributed by atoms with Crippen molar-refractivity contribution in [2.75, 3.05) is 0 Å². The summed E-state index contributed by atoms with van der Waals surface area (Å²) < 4.78 is 5.69. The number of aromatic nitrogens is 2. The van der Waals surface area contributed by atoms with E-state index in [1.807, 2.05) is 42.5 Å². The molecule has 0 N–H and O–H groups in total. The fourth-order valence-corrected chi connectivity index (χ4v) is 2.89. The van der Waals surface area contributed by atoms with Crippen LogP contribution in [0.25, 0.3) is 10.8 Å². The van der Waals surface area contributed by atoms with E-state index in [9.17, 15) is 0 Å². The van der Waals surface area contributed by atoms with E-state index in [2.05, 4.69) is 52.7 Å². The minimum absolute atomic E-state index is 0.498. The van der Waals surface area contributed by atoms with Crippen molar-refractivity contribution in [3.8, 4) is 5.88 Å². The van der Waals surface area contributed by atoms with Gasteiger partial charge in [-0.2, -0.15) is 5.10 Å². The third kappa shape index (κ3) is 3.66. The molecule has 3 heteroatoms. The molecule has 4 rings (SSSR count). The molecule has 0 aliphatic rings. The maximum absolute atomic E-state index is 5.69. The summed E-state index contributed by atoms with van der Waals surface area (Å²) in [5, 5.41) is 11.0. The van der Waals surface area contributed by atoms with E-state index in [-0.39, 0.29) is 0 Å². The lowest BCUT2D eigenvalue weighted by atomic mass is 10.0. The third-order valence-electron chi connectivity index (χ3n) is 4.18. The quantitative estimate of drug-likeness (QED) is 0.528. The Morgan fingerprint density at radius 1 is 0.680 bits per heavy atom. The molecule has 1 heterocycles. The van der Waals surface area contributed by atoms with Crippen LogP contribution in [0.5, 0.6) is 5.88 Å². The van der Waals surface area contributed by atoms with Gasteiger partial charge >= 0.3 is 0 Å². The molecule has 0 saturated heterocycles. The molecule has 0 fully saturated rings. The highest BCUT2D eigenvalue weighted by atomic mass is 16.5. The van der Waals surface area contributed by atoms with Gasteiger partial charge in [-0.15, -0.1) is 5.10 Å². The molecule has 0 spiro atoms. The first-order chi connectivity index (χ1) is 12.4. The molecule has 25 heavy (non-hydrogen) atoms. The van der Waals surface area contributed by atoms with Crippen molar-refractivity contribution in [2.24, 2.45) is 0 Å². The highest BCUT2D eigenvalue weighted by Crippen LogP contribution is 2.21. The van der Waals surface area contributed by atoms with E-state index >= 15 is 0 Å². The van der Waals surface area contributed by atoms with Crippen molar-refractivity contribution in [1.82, 2.24) is 10.2 Å². The minimum Gasteiger partial charge on any atom is -0.472 e. The second-order valence-corrected chi connectivity index (χ2v) is 5.95. The Labute approximate surface area is 146 Å². The maximum atomic E-state index is 5.69. The molecule has 1 aromatic heterocycles. The van der Waals surface area contributed by atoms with Crippen molar-refractivity contribution >= 4 is 10.8 Å². The first-order valence-electron chi connectivity index (χ1n) is 8.34. The average Bonchev–Trinajstić information content (AvgIpc) is 2.69. The van der Waals surface area contributed by atoms with Crippen molar-refractivity contribution in [1.29, 1.82) is 0 Å². The number of hydrogen-bond donors (Lipinski definition) is 0. The number of ether oxygens (including phenoxy) is 1. The summed E-state index contributed by atoms with van der Waals surface area (Å²) in [6.45, 7) is 0.498. The summed E-state index contributed by atoms with van der Waals surface area (Å²) >= 11 is 0. The Morgan fingerprint density at radius 3 is 2.32 bits per heavy atom. The largest absolute Gasteiger partial charge is 0.472 e. The van der Waals surface area contributed by atoms with Gasteiger partial charge in [-0.25, -0.2) is 0 Å². The lowest BCUT2D eigenvalue weighted by Gasteiger charge is -2.07. The van der Waals surface area contributed by atoms with Crippen molar-refractivity contribution in [3.05, 3.63) is 102 Å². The van der Waals surface area contributed by atoms with Gasteiger partial charge in [-0.1, -0.05) is 72.8 Å². The zero-order valence-electron chi connectivity index (χ0n) is 13.8. The molecule has 0 aliphatic carbocycles. The molecule has 4 aromatic rings. The molecule has 122 valence electrons. The lowest BCUT2D eigenvalue weighted by Crippen LogP contribution is -2.00. The normalized spacial score (nSPS) is 10.7. The van der Waals surface area contributed by atoms with Crippen LogP contribution in [0.1, 0.15) is 16.8 Å². The van der Waals surface area contributed by atoms with Crippen LogP contribution in [0.3, 0.4) is 0 Å². The molecule has 0 unspecified atom stereocenters. The number of rotatable bonds is 5. The molecule has 0 amide bonds. The second-order valence-electron chi connectivity index (χ2n) is 5.95. The van der Waals surface area contributed by atoms with Gasteiger partial charge in [0.15, 0.2) is 0 Å². The van der Waals surface area contributed by atoms with Gasteiger partial charge in [-0.3, -0.25) is 0 Å². The van der Waals surface area contributed by atoms with Gasteiger partial charge in [0, 0.05) is 12.5 Å². The van der Waals surface area contributed by atoms with Crippen molar-refractivity contribution < 1.29 is 4.74 Å². The average molecular weight is 326 g/mol. The number of nitrogens with zero attached hydrogens (tertiary/aromatic N) is 2. The van der Waals surface area contributed by atoms with Crippen LogP contribution in [0.4, 0.5) is 0 Å². The number of hydrogen-bond acceptors (Lipinski definition) is 3. The topological polar surface area (TPSA) is 35.0 Å². The van der Waals surface area contributed by atoms with E-state index < -0.39 is 0 Å². The Morgan fingerprint density at radius 2 is 1.48 bits per heavy atom. The molecule has 0 aliphatic heterocycles. The van der Waals surface area contributed by atoms with E-state index in [0.29, 0.717) is 12.5 Å². The smallest absolute Gasteiger partial charge is 0.233 e. The Bertz CT molecular complexity index is 961. The van der Waals surface area contributed by atoms with E-state index in [4.69, 9.17) is 4.74 Å². The highest BCUT2D eigenvalue weighted by Gasteiger charge is 2.04.